The first-order valence-electron chi connectivity index (χ1n) is 9.12. The molecule has 1 aliphatic rings. The highest BCUT2D eigenvalue weighted by Crippen LogP contribution is 2.26. The van der Waals surface area contributed by atoms with Crippen molar-refractivity contribution in [2.75, 3.05) is 46.9 Å². The van der Waals surface area contributed by atoms with Crippen molar-refractivity contribution in [3.05, 3.63) is 24.3 Å². The summed E-state index contributed by atoms with van der Waals surface area (Å²) in [4.78, 5) is 6.79. The van der Waals surface area contributed by atoms with Crippen LogP contribution >= 0.6 is 24.0 Å². The van der Waals surface area contributed by atoms with E-state index in [1.54, 1.807) is 14.2 Å². The van der Waals surface area contributed by atoms with E-state index in [0.29, 0.717) is 12.5 Å². The summed E-state index contributed by atoms with van der Waals surface area (Å²) in [5, 5.41) is 6.77. The summed E-state index contributed by atoms with van der Waals surface area (Å²) >= 11 is 0. The third-order valence-corrected chi connectivity index (χ3v) is 4.55. The van der Waals surface area contributed by atoms with E-state index < -0.39 is 0 Å². The van der Waals surface area contributed by atoms with Gasteiger partial charge in [0.1, 0.15) is 6.10 Å². The van der Waals surface area contributed by atoms with Crippen LogP contribution in [0.3, 0.4) is 0 Å². The third-order valence-electron chi connectivity index (χ3n) is 4.55. The topological polar surface area (TPSA) is 58.1 Å². The molecule has 0 saturated carbocycles. The Morgan fingerprint density at radius 1 is 1.31 bits per heavy atom. The Balaban J connectivity index is 0.00000338. The van der Waals surface area contributed by atoms with E-state index in [0.717, 1.165) is 30.5 Å². The Kier molecular flexibility index (Phi) is 10.7. The van der Waals surface area contributed by atoms with Crippen LogP contribution in [0.4, 0.5) is 0 Å². The molecule has 2 atom stereocenters. The Bertz CT molecular complexity index is 556. The summed E-state index contributed by atoms with van der Waals surface area (Å²) in [6.45, 7) is 9.40. The lowest BCUT2D eigenvalue weighted by molar-refractivity contribution is 0.213. The molecular formula is C19H33IN4O2. The number of likely N-dealkylation sites (tertiary alicyclic amines) is 1. The molecule has 7 heteroatoms. The smallest absolute Gasteiger partial charge is 0.191 e. The number of nitrogens with one attached hydrogen (secondary N) is 2. The number of guanidine groups is 1. The number of halogens is 1. The number of ether oxygens (including phenoxy) is 2. The Labute approximate surface area is 174 Å². The summed E-state index contributed by atoms with van der Waals surface area (Å²) in [6, 6.07) is 7.70. The Hall–Kier alpha value is -1.22. The molecular weight excluding hydrogens is 443 g/mol. The van der Waals surface area contributed by atoms with E-state index in [-0.39, 0.29) is 30.1 Å². The number of benzene rings is 1. The van der Waals surface area contributed by atoms with E-state index in [1.807, 2.05) is 31.2 Å². The molecule has 1 saturated heterocycles. The molecule has 26 heavy (non-hydrogen) atoms. The van der Waals surface area contributed by atoms with Crippen LogP contribution in [0.2, 0.25) is 0 Å². The van der Waals surface area contributed by atoms with Crippen LogP contribution in [-0.4, -0.2) is 63.8 Å². The van der Waals surface area contributed by atoms with Crippen LogP contribution in [0.25, 0.3) is 0 Å². The fourth-order valence-electron chi connectivity index (χ4n) is 3.04. The second kappa shape index (κ2) is 12.2. The van der Waals surface area contributed by atoms with Crippen LogP contribution < -0.4 is 20.1 Å². The quantitative estimate of drug-likeness (QED) is 0.343. The normalized spacial score (nSPS) is 18.8. The molecule has 1 heterocycles. The average Bonchev–Trinajstić information content (AvgIpc) is 3.10. The molecule has 0 bridgehead atoms. The number of nitrogens with zero attached hydrogens (tertiary/aromatic N) is 2. The maximum Gasteiger partial charge on any atom is 0.191 e. The molecule has 0 amide bonds. The lowest BCUT2D eigenvalue weighted by Crippen LogP contribution is -2.43. The maximum absolute atomic E-state index is 5.96. The molecule has 2 N–H and O–H groups in total. The minimum Gasteiger partial charge on any atom is -0.493 e. The fourth-order valence-corrected chi connectivity index (χ4v) is 3.04. The van der Waals surface area contributed by atoms with E-state index in [4.69, 9.17) is 9.47 Å². The van der Waals surface area contributed by atoms with Crippen LogP contribution in [0, 0.1) is 5.92 Å². The lowest BCUT2D eigenvalue weighted by Gasteiger charge is -2.20. The van der Waals surface area contributed by atoms with E-state index in [1.165, 1.54) is 19.5 Å². The monoisotopic (exact) mass is 476 g/mol. The number of hydrogen-bond acceptors (Lipinski definition) is 4. The summed E-state index contributed by atoms with van der Waals surface area (Å²) in [7, 11) is 3.45. The average molecular weight is 476 g/mol. The zero-order valence-corrected chi connectivity index (χ0v) is 18.7. The first kappa shape index (κ1) is 22.8. The molecule has 2 unspecified atom stereocenters. The van der Waals surface area contributed by atoms with Gasteiger partial charge in [-0.3, -0.25) is 4.99 Å². The van der Waals surface area contributed by atoms with Gasteiger partial charge in [-0.25, -0.2) is 0 Å². The van der Waals surface area contributed by atoms with Gasteiger partial charge in [0.25, 0.3) is 0 Å². The maximum atomic E-state index is 5.96. The summed E-state index contributed by atoms with van der Waals surface area (Å²) < 4.78 is 11.3. The molecule has 0 spiro atoms. The fraction of sp³-hybridized carbons (Fsp3) is 0.632. The summed E-state index contributed by atoms with van der Waals surface area (Å²) in [5.41, 5.74) is 0. The molecule has 0 radical (unpaired) electrons. The first-order valence-corrected chi connectivity index (χ1v) is 9.12. The summed E-state index contributed by atoms with van der Waals surface area (Å²) in [5.74, 6) is 3.03. The van der Waals surface area contributed by atoms with E-state index in [2.05, 4.69) is 27.4 Å². The largest absolute Gasteiger partial charge is 0.493 e. The predicted octanol–water partition coefficient (Wildman–Crippen LogP) is 2.59. The van der Waals surface area contributed by atoms with Crippen molar-refractivity contribution < 1.29 is 9.47 Å². The van der Waals surface area contributed by atoms with Gasteiger partial charge in [-0.2, -0.15) is 0 Å². The van der Waals surface area contributed by atoms with Crippen LogP contribution in [0.15, 0.2) is 29.3 Å². The van der Waals surface area contributed by atoms with Crippen molar-refractivity contribution in [3.8, 4) is 11.5 Å². The van der Waals surface area contributed by atoms with Gasteiger partial charge in [-0.15, -0.1) is 24.0 Å². The van der Waals surface area contributed by atoms with Crippen LogP contribution in [-0.2, 0) is 0 Å². The van der Waals surface area contributed by atoms with Crippen molar-refractivity contribution in [2.24, 2.45) is 10.9 Å². The second-order valence-electron chi connectivity index (χ2n) is 6.46. The van der Waals surface area contributed by atoms with Crippen molar-refractivity contribution in [2.45, 2.75) is 26.4 Å². The zero-order valence-electron chi connectivity index (χ0n) is 16.3. The highest BCUT2D eigenvalue weighted by Gasteiger charge is 2.21. The van der Waals surface area contributed by atoms with Crippen LogP contribution in [0.5, 0.6) is 11.5 Å². The second-order valence-corrected chi connectivity index (χ2v) is 6.46. The van der Waals surface area contributed by atoms with Gasteiger partial charge in [0.15, 0.2) is 17.5 Å². The van der Waals surface area contributed by atoms with Gasteiger partial charge in [-0.1, -0.05) is 19.1 Å². The van der Waals surface area contributed by atoms with E-state index in [9.17, 15) is 0 Å². The van der Waals surface area contributed by atoms with Gasteiger partial charge in [0, 0.05) is 20.1 Å². The van der Waals surface area contributed by atoms with Crippen molar-refractivity contribution in [1.29, 1.82) is 0 Å². The zero-order chi connectivity index (χ0) is 18.1. The Morgan fingerprint density at radius 3 is 2.65 bits per heavy atom. The number of aliphatic imine (C=N–C) groups is 1. The van der Waals surface area contributed by atoms with Gasteiger partial charge < -0.3 is 25.0 Å². The molecule has 1 aromatic carbocycles. The predicted molar refractivity (Wildman–Crippen MR) is 118 cm³/mol. The molecule has 2 rings (SSSR count). The van der Waals surface area contributed by atoms with Gasteiger partial charge >= 0.3 is 0 Å². The van der Waals surface area contributed by atoms with Gasteiger partial charge in [-0.05, 0) is 44.5 Å². The lowest BCUT2D eigenvalue weighted by atomic mass is 10.1. The number of para-hydroxylation sites is 2. The number of methoxy groups -OCH3 is 1. The molecule has 0 aliphatic carbocycles. The SMILES string of the molecule is CCN1CCC(CNC(=NC)NCC(C)Oc2ccccc2OC)C1.I. The van der Waals surface area contributed by atoms with Gasteiger partial charge in [0.2, 0.25) is 0 Å². The third kappa shape index (κ3) is 7.19. The minimum atomic E-state index is -0.00286. The van der Waals surface area contributed by atoms with Crippen molar-refractivity contribution >= 4 is 29.9 Å². The van der Waals surface area contributed by atoms with E-state index >= 15 is 0 Å². The Morgan fingerprint density at radius 2 is 2.04 bits per heavy atom. The molecule has 6 nitrogen and oxygen atoms in total. The summed E-state index contributed by atoms with van der Waals surface area (Å²) in [6.07, 6.45) is 1.25. The van der Waals surface area contributed by atoms with Crippen LogP contribution in [0.1, 0.15) is 20.3 Å². The number of rotatable bonds is 8. The molecule has 148 valence electrons. The first-order chi connectivity index (χ1) is 12.2. The molecule has 1 aliphatic heterocycles. The molecule has 0 aromatic heterocycles. The van der Waals surface area contributed by atoms with Crippen molar-refractivity contribution in [3.63, 3.8) is 0 Å². The molecule has 1 fully saturated rings. The number of hydrogen-bond donors (Lipinski definition) is 2. The molecule has 1 aromatic rings. The standard InChI is InChI=1S/C19H32N4O2.HI/c1-5-23-11-10-16(14-23)13-22-19(20-3)21-12-15(2)25-18-9-7-6-8-17(18)24-4;/h6-9,15-16H,5,10-14H2,1-4H3,(H2,20,21,22);1H. The highest BCUT2D eigenvalue weighted by molar-refractivity contribution is 14.0. The van der Waals surface area contributed by atoms with Gasteiger partial charge in [0.05, 0.1) is 13.7 Å². The minimum absolute atomic E-state index is 0. The van der Waals surface area contributed by atoms with Crippen molar-refractivity contribution in [1.82, 2.24) is 15.5 Å². The highest BCUT2D eigenvalue weighted by atomic mass is 127.